The van der Waals surface area contributed by atoms with Crippen LogP contribution in [-0.2, 0) is 29.6 Å². The van der Waals surface area contributed by atoms with Gasteiger partial charge in [0.1, 0.15) is 30.7 Å². The van der Waals surface area contributed by atoms with Gasteiger partial charge in [0.15, 0.2) is 0 Å². The number of anilines is 1. The van der Waals surface area contributed by atoms with Gasteiger partial charge in [-0.2, -0.15) is 23.3 Å². The fraction of sp³-hybridized carbons (Fsp3) is 0.444. The van der Waals surface area contributed by atoms with Crippen LogP contribution in [0.1, 0.15) is 82.9 Å². The van der Waals surface area contributed by atoms with Gasteiger partial charge < -0.3 is 28.4 Å². The lowest BCUT2D eigenvalue weighted by Gasteiger charge is -2.41. The molecule has 0 bridgehead atoms. The zero-order chi connectivity index (χ0) is 47.6. The Morgan fingerprint density at radius 3 is 2.06 bits per heavy atom. The number of fused-ring (bicyclic) bond motifs is 1. The van der Waals surface area contributed by atoms with E-state index in [0.29, 0.717) is 57.6 Å². The molecule has 4 heterocycles. The summed E-state index contributed by atoms with van der Waals surface area (Å²) in [6.45, 7) is 12.5. The Balaban J connectivity index is 0.809. The molecule has 9 rings (SSSR count). The SMILES string of the molecule is Cc1c(OC2CCC(CCC(N3CCN(c4ccc5c(-c6ccc(OCc7ccccc7)nc6OCc6ccccc6)nn(C)c5c4)CC3)C(F)(F)F)CC2)cccc1B1OC(C)(C)C(C)(C)O1. The van der Waals surface area contributed by atoms with Gasteiger partial charge in [-0.15, -0.1) is 0 Å². The van der Waals surface area contributed by atoms with Crippen molar-refractivity contribution in [3.63, 3.8) is 0 Å². The Morgan fingerprint density at radius 1 is 0.765 bits per heavy atom. The predicted octanol–water partition coefficient (Wildman–Crippen LogP) is 10.9. The summed E-state index contributed by atoms with van der Waals surface area (Å²) in [5, 5.41) is 5.86. The molecule has 14 heteroatoms. The van der Waals surface area contributed by atoms with Gasteiger partial charge in [-0.3, -0.25) is 9.58 Å². The van der Waals surface area contributed by atoms with Crippen LogP contribution in [-0.4, -0.2) is 82.5 Å². The molecule has 10 nitrogen and oxygen atoms in total. The molecule has 6 aromatic rings. The van der Waals surface area contributed by atoms with Crippen LogP contribution in [0, 0.1) is 12.8 Å². The number of rotatable bonds is 15. The molecule has 2 saturated heterocycles. The molecule has 3 fully saturated rings. The maximum atomic E-state index is 14.8. The van der Waals surface area contributed by atoms with Gasteiger partial charge in [-0.1, -0.05) is 72.8 Å². The van der Waals surface area contributed by atoms with E-state index in [2.05, 4.69) is 11.0 Å². The first kappa shape index (κ1) is 47.5. The van der Waals surface area contributed by atoms with Crippen molar-refractivity contribution in [1.82, 2.24) is 19.7 Å². The number of halogens is 3. The highest BCUT2D eigenvalue weighted by Gasteiger charge is 2.52. The lowest BCUT2D eigenvalue weighted by molar-refractivity contribution is -0.187. The average molecular weight is 930 g/mol. The van der Waals surface area contributed by atoms with Crippen molar-refractivity contribution in [3.8, 4) is 28.8 Å². The zero-order valence-corrected chi connectivity index (χ0v) is 40.1. The molecular formula is C54H63BF3N5O5. The quantitative estimate of drug-likeness (QED) is 0.0935. The van der Waals surface area contributed by atoms with E-state index in [9.17, 15) is 13.2 Å². The normalized spacial score (nSPS) is 20.1. The number of pyridine rings is 1. The molecule has 3 aliphatic rings. The van der Waals surface area contributed by atoms with Crippen LogP contribution in [0.4, 0.5) is 18.9 Å². The Hall–Kier alpha value is -5.57. The van der Waals surface area contributed by atoms with E-state index in [1.54, 1.807) is 4.90 Å². The minimum atomic E-state index is -4.31. The summed E-state index contributed by atoms with van der Waals surface area (Å²) in [7, 11) is 1.43. The summed E-state index contributed by atoms with van der Waals surface area (Å²) >= 11 is 0. The van der Waals surface area contributed by atoms with E-state index in [0.717, 1.165) is 81.4 Å². The van der Waals surface area contributed by atoms with E-state index < -0.39 is 30.5 Å². The van der Waals surface area contributed by atoms with Crippen LogP contribution >= 0.6 is 0 Å². The first-order valence-electron chi connectivity index (χ1n) is 24.1. The van der Waals surface area contributed by atoms with Crippen molar-refractivity contribution in [2.75, 3.05) is 31.1 Å². The van der Waals surface area contributed by atoms with Crippen molar-refractivity contribution in [1.29, 1.82) is 0 Å². The van der Waals surface area contributed by atoms with Crippen molar-refractivity contribution in [2.24, 2.45) is 13.0 Å². The zero-order valence-electron chi connectivity index (χ0n) is 40.1. The van der Waals surface area contributed by atoms with Crippen molar-refractivity contribution >= 4 is 29.2 Å². The molecule has 0 amide bonds. The lowest BCUT2D eigenvalue weighted by atomic mass is 9.76. The Labute approximate surface area is 398 Å². The topological polar surface area (TPSA) is 83.3 Å². The standard InChI is InChI=1S/C54H63BF3N5O5/c1-37-45(55-67-52(2,3)53(4,5)68-55)18-13-19-47(37)66-42-24-20-38(21-25-42)22-28-48(54(56,57)58)63-32-30-62(31-33-63)41-23-26-43-46(34-41)61(6)60-50(43)44-27-29-49(64-35-39-14-9-7-10-15-39)59-51(44)65-36-40-16-11-8-12-17-40/h7-19,23,26-27,29,34,38,42,48H,20-22,24-25,28,30-33,35-36H2,1-6H3. The third-order valence-corrected chi connectivity index (χ3v) is 14.6. The molecule has 2 aliphatic heterocycles. The molecule has 68 heavy (non-hydrogen) atoms. The first-order chi connectivity index (χ1) is 32.6. The highest BCUT2D eigenvalue weighted by atomic mass is 19.4. The predicted molar refractivity (Wildman–Crippen MR) is 262 cm³/mol. The molecule has 4 aromatic carbocycles. The molecule has 0 spiro atoms. The second-order valence-electron chi connectivity index (χ2n) is 19.7. The van der Waals surface area contributed by atoms with Crippen LogP contribution in [0.5, 0.6) is 17.5 Å². The third kappa shape index (κ3) is 10.5. The van der Waals surface area contributed by atoms with Crippen molar-refractivity contribution in [3.05, 3.63) is 126 Å². The average Bonchev–Trinajstić information content (AvgIpc) is 3.77. The summed E-state index contributed by atoms with van der Waals surface area (Å²) in [6, 6.07) is 34.3. The van der Waals surface area contributed by atoms with E-state index in [1.807, 2.05) is 149 Å². The lowest BCUT2D eigenvalue weighted by Crippen LogP contribution is -2.55. The van der Waals surface area contributed by atoms with Crippen LogP contribution in [0.25, 0.3) is 22.2 Å². The maximum Gasteiger partial charge on any atom is 0.495 e. The fourth-order valence-electron chi connectivity index (χ4n) is 9.83. The number of alkyl halides is 3. The second kappa shape index (κ2) is 19.8. The van der Waals surface area contributed by atoms with Gasteiger partial charge in [0.05, 0.1) is 28.4 Å². The van der Waals surface area contributed by atoms with Gasteiger partial charge in [0.25, 0.3) is 0 Å². The molecule has 1 aliphatic carbocycles. The number of aryl methyl sites for hydroxylation is 1. The molecule has 2 aromatic heterocycles. The minimum Gasteiger partial charge on any atom is -0.490 e. The number of hydrogen-bond acceptors (Lipinski definition) is 9. The third-order valence-electron chi connectivity index (χ3n) is 14.6. The fourth-order valence-corrected chi connectivity index (χ4v) is 9.83. The first-order valence-corrected chi connectivity index (χ1v) is 24.1. The smallest absolute Gasteiger partial charge is 0.490 e. The van der Waals surface area contributed by atoms with Crippen molar-refractivity contribution < 1.29 is 36.7 Å². The van der Waals surface area contributed by atoms with E-state index in [4.69, 9.17) is 33.6 Å². The molecule has 1 saturated carbocycles. The summed E-state index contributed by atoms with van der Waals surface area (Å²) in [4.78, 5) is 8.64. The van der Waals surface area contributed by atoms with Gasteiger partial charge in [0, 0.05) is 50.4 Å². The number of nitrogens with zero attached hydrogens (tertiary/aromatic N) is 5. The highest BCUT2D eigenvalue weighted by Crippen LogP contribution is 2.40. The Kier molecular flexibility index (Phi) is 13.8. The monoisotopic (exact) mass is 929 g/mol. The van der Waals surface area contributed by atoms with Gasteiger partial charge in [-0.25, -0.2) is 0 Å². The molecular weight excluding hydrogens is 866 g/mol. The molecule has 0 N–H and O–H groups in total. The number of aromatic nitrogens is 3. The Bertz CT molecular complexity index is 2630. The van der Waals surface area contributed by atoms with E-state index in [-0.39, 0.29) is 18.4 Å². The van der Waals surface area contributed by atoms with Crippen LogP contribution in [0.2, 0.25) is 0 Å². The summed E-state index contributed by atoms with van der Waals surface area (Å²) < 4.78 is 77.8. The van der Waals surface area contributed by atoms with Crippen molar-refractivity contribution in [2.45, 2.75) is 116 Å². The summed E-state index contributed by atoms with van der Waals surface area (Å²) in [5.41, 5.74) is 6.40. The van der Waals surface area contributed by atoms with Gasteiger partial charge in [-0.05, 0) is 132 Å². The largest absolute Gasteiger partial charge is 0.495 e. The minimum absolute atomic E-state index is 0.0209. The number of hydrogen-bond donors (Lipinski definition) is 0. The number of ether oxygens (including phenoxy) is 3. The summed E-state index contributed by atoms with van der Waals surface area (Å²) in [6.07, 6.45) is -0.299. The number of piperazine rings is 1. The van der Waals surface area contributed by atoms with E-state index >= 15 is 0 Å². The molecule has 358 valence electrons. The maximum absolute atomic E-state index is 14.8. The van der Waals surface area contributed by atoms with Crippen LogP contribution < -0.4 is 24.6 Å². The summed E-state index contributed by atoms with van der Waals surface area (Å²) in [5.74, 6) is 1.90. The van der Waals surface area contributed by atoms with Gasteiger partial charge >= 0.3 is 13.3 Å². The van der Waals surface area contributed by atoms with Crippen LogP contribution in [0.3, 0.4) is 0 Å². The van der Waals surface area contributed by atoms with Crippen LogP contribution in [0.15, 0.2) is 109 Å². The number of benzene rings is 4. The molecule has 0 radical (unpaired) electrons. The highest BCUT2D eigenvalue weighted by molar-refractivity contribution is 6.62. The molecule has 1 atom stereocenters. The second-order valence-corrected chi connectivity index (χ2v) is 19.7. The van der Waals surface area contributed by atoms with Gasteiger partial charge in [0.2, 0.25) is 11.8 Å². The van der Waals surface area contributed by atoms with E-state index in [1.165, 1.54) is 0 Å². The Morgan fingerprint density at radius 2 is 1.41 bits per heavy atom. The molecule has 1 unspecified atom stereocenters.